The van der Waals surface area contributed by atoms with Crippen LogP contribution in [0.5, 0.6) is 0 Å². The van der Waals surface area contributed by atoms with E-state index in [1.165, 1.54) is 13.2 Å². The van der Waals surface area contributed by atoms with Gasteiger partial charge in [0.05, 0.1) is 25.0 Å². The van der Waals surface area contributed by atoms with Crippen LogP contribution >= 0.6 is 0 Å². The number of aromatic amines is 1. The lowest BCUT2D eigenvalue weighted by molar-refractivity contribution is -0.302. The Hall–Kier alpha value is -3.80. The fourth-order valence-electron chi connectivity index (χ4n) is 5.57. The number of rotatable bonds is 8. The van der Waals surface area contributed by atoms with Crippen LogP contribution in [-0.2, 0) is 19.0 Å². The monoisotopic (exact) mass is 576 g/mol. The molecule has 1 aromatic heterocycles. The van der Waals surface area contributed by atoms with E-state index in [1.807, 2.05) is 6.92 Å². The Bertz CT molecular complexity index is 1270. The molecule has 2 aromatic rings. The Morgan fingerprint density at radius 2 is 1.88 bits per heavy atom. The van der Waals surface area contributed by atoms with Crippen molar-refractivity contribution in [1.29, 1.82) is 0 Å². The van der Waals surface area contributed by atoms with Gasteiger partial charge in [-0.1, -0.05) is 36.9 Å². The van der Waals surface area contributed by atoms with Crippen LogP contribution in [0.1, 0.15) is 57.0 Å². The average Bonchev–Trinajstić information content (AvgIpc) is 3.58. The van der Waals surface area contributed by atoms with Crippen LogP contribution in [0.2, 0.25) is 0 Å². The van der Waals surface area contributed by atoms with Crippen molar-refractivity contribution >= 4 is 17.6 Å². The molecule has 3 atom stereocenters. The number of alkyl carbamates (subject to hydrolysis) is 1. The Labute approximate surface area is 236 Å². The molecule has 2 amide bonds. The summed E-state index contributed by atoms with van der Waals surface area (Å²) >= 11 is 0. The van der Waals surface area contributed by atoms with Gasteiger partial charge in [0.15, 0.2) is 0 Å². The maximum atomic E-state index is 13.9. The van der Waals surface area contributed by atoms with Gasteiger partial charge in [0, 0.05) is 24.8 Å². The molecule has 0 spiro atoms. The van der Waals surface area contributed by atoms with E-state index in [0.29, 0.717) is 49.6 Å². The van der Waals surface area contributed by atoms with E-state index in [0.717, 1.165) is 12.0 Å². The predicted octanol–water partition coefficient (Wildman–Crippen LogP) is 5.73. The number of halogens is 3. The lowest BCUT2D eigenvalue weighted by atomic mass is 9.90. The molecule has 12 heteroatoms. The number of benzene rings is 1. The molecule has 2 fully saturated rings. The van der Waals surface area contributed by atoms with Crippen molar-refractivity contribution in [3.05, 3.63) is 60.3 Å². The third-order valence-corrected chi connectivity index (χ3v) is 7.63. The quantitative estimate of drug-likeness (QED) is 0.307. The molecule has 1 aromatic carbocycles. The van der Waals surface area contributed by atoms with Crippen LogP contribution in [-0.4, -0.2) is 65.6 Å². The first-order chi connectivity index (χ1) is 19.5. The molecule has 222 valence electrons. The second kappa shape index (κ2) is 12.8. The van der Waals surface area contributed by atoms with Gasteiger partial charge < -0.3 is 29.4 Å². The van der Waals surface area contributed by atoms with Crippen LogP contribution in [0.4, 0.5) is 18.0 Å². The molecule has 3 heterocycles. The van der Waals surface area contributed by atoms with E-state index in [9.17, 15) is 22.8 Å². The number of nitrogens with one attached hydrogen (secondary N) is 2. The minimum Gasteiger partial charge on any atom is -0.453 e. The zero-order chi connectivity index (χ0) is 29.7. The van der Waals surface area contributed by atoms with E-state index >= 15 is 0 Å². The Kier molecular flexibility index (Phi) is 9.42. The van der Waals surface area contributed by atoms with Crippen molar-refractivity contribution in [2.75, 3.05) is 20.3 Å². The smallest absolute Gasteiger partial charge is 0.453 e. The van der Waals surface area contributed by atoms with Crippen LogP contribution in [0, 0.1) is 5.92 Å². The number of imidazole rings is 1. The number of H-pyrrole nitrogens is 1. The summed E-state index contributed by atoms with van der Waals surface area (Å²) in [5.74, 6) is -0.127. The first-order valence-corrected chi connectivity index (χ1v) is 13.5. The summed E-state index contributed by atoms with van der Waals surface area (Å²) in [6.07, 6.45) is 0.465. The summed E-state index contributed by atoms with van der Waals surface area (Å²) in [6.45, 7) is 8.05. The number of carbonyl (C=O) groups excluding carboxylic acids is 2. The van der Waals surface area contributed by atoms with Crippen molar-refractivity contribution in [3.8, 4) is 11.3 Å². The molecule has 0 saturated carbocycles. The number of ether oxygens (including phenoxy) is 3. The SMILES string of the molecule is C=C(OC(F)(F)F)C(=CC)c1ccc(-c2cnc(C3CCC(C)N3C(=O)C(NC(=O)OC)C3CCOCC3)[nH]2)cc1. The van der Waals surface area contributed by atoms with Crippen LogP contribution in [0.25, 0.3) is 16.8 Å². The highest BCUT2D eigenvalue weighted by Crippen LogP contribution is 2.37. The van der Waals surface area contributed by atoms with Gasteiger partial charge in [0.25, 0.3) is 0 Å². The van der Waals surface area contributed by atoms with Crippen LogP contribution < -0.4 is 5.32 Å². The third-order valence-electron chi connectivity index (χ3n) is 7.63. The number of likely N-dealkylation sites (tertiary alicyclic amines) is 1. The predicted molar refractivity (Wildman–Crippen MR) is 145 cm³/mol. The van der Waals surface area contributed by atoms with Crippen molar-refractivity contribution in [3.63, 3.8) is 0 Å². The summed E-state index contributed by atoms with van der Waals surface area (Å²) in [5, 5.41) is 2.76. The van der Waals surface area contributed by atoms with Gasteiger partial charge in [-0.15, -0.1) is 13.2 Å². The molecular formula is C29H35F3N4O5. The number of carbonyl (C=O) groups is 2. The Morgan fingerprint density at radius 1 is 1.20 bits per heavy atom. The highest BCUT2D eigenvalue weighted by molar-refractivity contribution is 5.87. The first-order valence-electron chi connectivity index (χ1n) is 13.5. The second-order valence-electron chi connectivity index (χ2n) is 10.2. The normalized spacial score (nSPS) is 20.9. The van der Waals surface area contributed by atoms with Crippen molar-refractivity contribution in [2.45, 2.75) is 64.0 Å². The van der Waals surface area contributed by atoms with Crippen molar-refractivity contribution in [2.24, 2.45) is 5.92 Å². The van der Waals surface area contributed by atoms with Gasteiger partial charge in [-0.25, -0.2) is 9.78 Å². The number of hydrogen-bond acceptors (Lipinski definition) is 6. The Morgan fingerprint density at radius 3 is 2.49 bits per heavy atom. The molecule has 9 nitrogen and oxygen atoms in total. The van der Waals surface area contributed by atoms with Gasteiger partial charge in [0.1, 0.15) is 17.6 Å². The fourth-order valence-corrected chi connectivity index (χ4v) is 5.57. The molecule has 0 aliphatic carbocycles. The van der Waals surface area contributed by atoms with Gasteiger partial charge in [-0.2, -0.15) is 0 Å². The molecular weight excluding hydrogens is 541 g/mol. The van der Waals surface area contributed by atoms with E-state index in [2.05, 4.69) is 26.6 Å². The third kappa shape index (κ3) is 7.10. The fraction of sp³-hybridized carbons (Fsp3) is 0.483. The Balaban J connectivity index is 1.53. The molecule has 3 unspecified atom stereocenters. The summed E-state index contributed by atoms with van der Waals surface area (Å²) in [7, 11) is 1.27. The molecule has 0 radical (unpaired) electrons. The first kappa shape index (κ1) is 30.2. The van der Waals surface area contributed by atoms with E-state index in [4.69, 9.17) is 9.47 Å². The molecule has 41 heavy (non-hydrogen) atoms. The maximum Gasteiger partial charge on any atom is 0.573 e. The van der Waals surface area contributed by atoms with Crippen molar-refractivity contribution in [1.82, 2.24) is 20.2 Å². The number of nitrogens with zero attached hydrogens (tertiary/aromatic N) is 2. The highest BCUT2D eigenvalue weighted by Gasteiger charge is 2.43. The minimum absolute atomic E-state index is 0.0617. The van der Waals surface area contributed by atoms with Crippen LogP contribution in [0.3, 0.4) is 0 Å². The average molecular weight is 577 g/mol. The molecule has 0 bridgehead atoms. The molecule has 2 aliphatic rings. The lowest BCUT2D eigenvalue weighted by Gasteiger charge is -2.36. The lowest BCUT2D eigenvalue weighted by Crippen LogP contribution is -2.54. The number of alkyl halides is 3. The summed E-state index contributed by atoms with van der Waals surface area (Å²) in [6, 6.07) is 5.77. The second-order valence-corrected chi connectivity index (χ2v) is 10.2. The van der Waals surface area contributed by atoms with Gasteiger partial charge in [0.2, 0.25) is 5.91 Å². The number of aromatic nitrogens is 2. The topological polar surface area (TPSA) is 106 Å². The zero-order valence-electron chi connectivity index (χ0n) is 23.3. The highest BCUT2D eigenvalue weighted by atomic mass is 19.4. The molecule has 2 N–H and O–H groups in total. The van der Waals surface area contributed by atoms with Gasteiger partial charge in [-0.05, 0) is 56.6 Å². The number of hydrogen-bond donors (Lipinski definition) is 2. The van der Waals surface area contributed by atoms with Gasteiger partial charge >= 0.3 is 12.5 Å². The number of allylic oxidation sites excluding steroid dienone is 2. The maximum absolute atomic E-state index is 13.9. The van der Waals surface area contributed by atoms with Gasteiger partial charge in [-0.3, -0.25) is 4.79 Å². The van der Waals surface area contributed by atoms with E-state index in [1.54, 1.807) is 42.3 Å². The standard InChI is InChI=1S/C29H35F3N4O5/c1-5-22(18(3)41-29(30,31)32)19-7-9-20(10-8-19)23-16-33-26(34-23)24-11-6-17(2)36(24)27(37)25(35-28(38)39-4)21-12-14-40-15-13-21/h5,7-10,16-17,21,24-25H,3,6,11-15H2,1-2,4H3,(H,33,34)(H,35,38). The minimum atomic E-state index is -4.83. The summed E-state index contributed by atoms with van der Waals surface area (Å²) in [4.78, 5) is 35.8. The summed E-state index contributed by atoms with van der Waals surface area (Å²) < 4.78 is 52.3. The molecule has 2 saturated heterocycles. The van der Waals surface area contributed by atoms with Crippen molar-refractivity contribution < 1.29 is 37.0 Å². The number of amides is 2. The van der Waals surface area contributed by atoms with Crippen LogP contribution in [0.15, 0.2) is 48.9 Å². The van der Waals surface area contributed by atoms with E-state index < -0.39 is 24.3 Å². The zero-order valence-corrected chi connectivity index (χ0v) is 23.3. The molecule has 2 aliphatic heterocycles. The number of methoxy groups -OCH3 is 1. The summed E-state index contributed by atoms with van der Waals surface area (Å²) in [5.41, 5.74) is 2.21. The largest absolute Gasteiger partial charge is 0.573 e. The molecule has 4 rings (SSSR count). The van der Waals surface area contributed by atoms with E-state index in [-0.39, 0.29) is 29.5 Å².